The van der Waals surface area contributed by atoms with Gasteiger partial charge in [-0.25, -0.2) is 0 Å². The van der Waals surface area contributed by atoms with Gasteiger partial charge in [0.15, 0.2) is 0 Å². The molecule has 0 bridgehead atoms. The van der Waals surface area contributed by atoms with Crippen LogP contribution in [-0.2, 0) is 0 Å². The van der Waals surface area contributed by atoms with Crippen LogP contribution in [0.5, 0.6) is 0 Å². The number of piperazine rings is 1. The lowest BCUT2D eigenvalue weighted by molar-refractivity contribution is 0.149. The molecule has 1 fully saturated rings. The van der Waals surface area contributed by atoms with Crippen LogP contribution in [0, 0.1) is 0 Å². The summed E-state index contributed by atoms with van der Waals surface area (Å²) in [6.45, 7) is 11.0. The fourth-order valence-electron chi connectivity index (χ4n) is 1.71. The SMILES string of the molecule is CCCN1CCN(CPC)CC1. The molecule has 0 amide bonds. The Kier molecular flexibility index (Phi) is 5.13. The lowest BCUT2D eigenvalue weighted by Gasteiger charge is -2.34. The van der Waals surface area contributed by atoms with Crippen molar-refractivity contribution in [3.05, 3.63) is 0 Å². The summed E-state index contributed by atoms with van der Waals surface area (Å²) in [6.07, 6.45) is 2.62. The highest BCUT2D eigenvalue weighted by atomic mass is 31.1. The molecule has 0 radical (unpaired) electrons. The fraction of sp³-hybridized carbons (Fsp3) is 1.00. The van der Waals surface area contributed by atoms with Crippen LogP contribution in [0.25, 0.3) is 0 Å². The van der Waals surface area contributed by atoms with Gasteiger partial charge in [0.2, 0.25) is 0 Å². The predicted molar refractivity (Wildman–Crippen MR) is 57.4 cm³/mol. The van der Waals surface area contributed by atoms with Crippen molar-refractivity contribution in [1.29, 1.82) is 0 Å². The quantitative estimate of drug-likeness (QED) is 0.613. The molecule has 3 heteroatoms. The monoisotopic (exact) mass is 188 g/mol. The molecule has 0 spiro atoms. The van der Waals surface area contributed by atoms with E-state index in [-0.39, 0.29) is 0 Å². The van der Waals surface area contributed by atoms with E-state index in [0.29, 0.717) is 0 Å². The van der Waals surface area contributed by atoms with Crippen molar-refractivity contribution in [3.63, 3.8) is 0 Å². The largest absolute Gasteiger partial charge is 0.301 e. The van der Waals surface area contributed by atoms with Crippen molar-refractivity contribution in [2.75, 3.05) is 45.7 Å². The van der Waals surface area contributed by atoms with Gasteiger partial charge in [-0.15, -0.1) is 8.58 Å². The molecule has 0 saturated carbocycles. The molecule has 0 N–H and O–H groups in total. The minimum atomic E-state index is 1.09. The van der Waals surface area contributed by atoms with Gasteiger partial charge in [-0.3, -0.25) is 4.90 Å². The average Bonchev–Trinajstić information content (AvgIpc) is 2.09. The van der Waals surface area contributed by atoms with E-state index < -0.39 is 0 Å². The molecule has 0 aromatic rings. The second kappa shape index (κ2) is 5.90. The Morgan fingerprint density at radius 3 is 2.17 bits per heavy atom. The number of nitrogens with zero attached hydrogens (tertiary/aromatic N) is 2. The second-order valence-electron chi connectivity index (χ2n) is 3.47. The third-order valence-electron chi connectivity index (χ3n) is 2.39. The first-order chi connectivity index (χ1) is 5.86. The molecule has 12 heavy (non-hydrogen) atoms. The zero-order valence-electron chi connectivity index (χ0n) is 8.34. The summed E-state index contributed by atoms with van der Waals surface area (Å²) in [7, 11) is 1.09. The van der Waals surface area contributed by atoms with Gasteiger partial charge in [0.25, 0.3) is 0 Å². The summed E-state index contributed by atoms with van der Waals surface area (Å²) in [5, 5.41) is 0. The minimum absolute atomic E-state index is 1.09. The Morgan fingerprint density at radius 1 is 1.08 bits per heavy atom. The van der Waals surface area contributed by atoms with Crippen molar-refractivity contribution in [3.8, 4) is 0 Å². The van der Waals surface area contributed by atoms with Crippen molar-refractivity contribution >= 4 is 8.58 Å². The van der Waals surface area contributed by atoms with E-state index in [2.05, 4.69) is 23.4 Å². The van der Waals surface area contributed by atoms with Crippen LogP contribution >= 0.6 is 8.58 Å². The molecular weight excluding hydrogens is 167 g/mol. The zero-order valence-corrected chi connectivity index (χ0v) is 9.34. The third-order valence-corrected chi connectivity index (χ3v) is 3.15. The Bertz CT molecular complexity index is 97.1. The number of rotatable bonds is 4. The van der Waals surface area contributed by atoms with Crippen LogP contribution in [0.4, 0.5) is 0 Å². The molecule has 0 aromatic heterocycles. The van der Waals surface area contributed by atoms with Crippen LogP contribution in [0.2, 0.25) is 0 Å². The Labute approximate surface area is 78.1 Å². The summed E-state index contributed by atoms with van der Waals surface area (Å²) in [5.41, 5.74) is 0. The topological polar surface area (TPSA) is 6.48 Å². The van der Waals surface area contributed by atoms with E-state index in [1.54, 1.807) is 0 Å². The Balaban J connectivity index is 2.11. The molecule has 0 aliphatic carbocycles. The molecule has 1 heterocycles. The normalized spacial score (nSPS) is 22.5. The molecule has 1 unspecified atom stereocenters. The summed E-state index contributed by atoms with van der Waals surface area (Å²) >= 11 is 0. The molecule has 1 aliphatic rings. The van der Waals surface area contributed by atoms with Crippen LogP contribution in [0.1, 0.15) is 13.3 Å². The van der Waals surface area contributed by atoms with Gasteiger partial charge in [-0.2, -0.15) is 0 Å². The van der Waals surface area contributed by atoms with Crippen LogP contribution in [0.15, 0.2) is 0 Å². The zero-order chi connectivity index (χ0) is 8.81. The lowest BCUT2D eigenvalue weighted by Crippen LogP contribution is -2.45. The first-order valence-corrected chi connectivity index (χ1v) is 6.67. The van der Waals surface area contributed by atoms with Crippen molar-refractivity contribution in [1.82, 2.24) is 9.80 Å². The number of hydrogen-bond donors (Lipinski definition) is 0. The van der Waals surface area contributed by atoms with Gasteiger partial charge in [0.05, 0.1) is 0 Å². The summed E-state index contributed by atoms with van der Waals surface area (Å²) in [5.74, 6) is 0. The van der Waals surface area contributed by atoms with Crippen LogP contribution < -0.4 is 0 Å². The van der Waals surface area contributed by atoms with Crippen molar-refractivity contribution < 1.29 is 0 Å². The maximum atomic E-state index is 2.59. The third kappa shape index (κ3) is 3.38. The maximum absolute atomic E-state index is 2.59. The van der Waals surface area contributed by atoms with Crippen LogP contribution in [0.3, 0.4) is 0 Å². The highest BCUT2D eigenvalue weighted by Crippen LogP contribution is 2.09. The second-order valence-corrected chi connectivity index (χ2v) is 4.49. The maximum Gasteiger partial charge on any atom is 0.0153 e. The molecule has 1 atom stereocenters. The molecular formula is C9H21N2P. The lowest BCUT2D eigenvalue weighted by atomic mass is 10.3. The van der Waals surface area contributed by atoms with E-state index in [1.165, 1.54) is 45.4 Å². The highest BCUT2D eigenvalue weighted by Gasteiger charge is 2.14. The Morgan fingerprint density at radius 2 is 1.67 bits per heavy atom. The molecule has 1 rings (SSSR count). The van der Waals surface area contributed by atoms with Gasteiger partial charge < -0.3 is 4.90 Å². The molecule has 1 aliphatic heterocycles. The minimum Gasteiger partial charge on any atom is -0.301 e. The molecule has 0 aromatic carbocycles. The molecule has 2 nitrogen and oxygen atoms in total. The smallest absolute Gasteiger partial charge is 0.0153 e. The first-order valence-electron chi connectivity index (χ1n) is 4.96. The van der Waals surface area contributed by atoms with E-state index in [4.69, 9.17) is 0 Å². The number of hydrogen-bond acceptors (Lipinski definition) is 2. The molecule has 72 valence electrons. The van der Waals surface area contributed by atoms with Crippen LogP contribution in [-0.4, -0.2) is 55.5 Å². The van der Waals surface area contributed by atoms with E-state index >= 15 is 0 Å². The summed E-state index contributed by atoms with van der Waals surface area (Å²) < 4.78 is 0. The molecule has 1 saturated heterocycles. The van der Waals surface area contributed by atoms with E-state index in [1.807, 2.05) is 0 Å². The Hall–Kier alpha value is 0.350. The van der Waals surface area contributed by atoms with Gasteiger partial charge in [-0.05, 0) is 19.6 Å². The van der Waals surface area contributed by atoms with Gasteiger partial charge in [-0.1, -0.05) is 6.92 Å². The van der Waals surface area contributed by atoms with Crippen molar-refractivity contribution in [2.24, 2.45) is 0 Å². The fourth-order valence-corrected chi connectivity index (χ4v) is 2.47. The highest BCUT2D eigenvalue weighted by molar-refractivity contribution is 7.36. The predicted octanol–water partition coefficient (Wildman–Crippen LogP) is 1.28. The van der Waals surface area contributed by atoms with Gasteiger partial charge in [0, 0.05) is 32.5 Å². The summed E-state index contributed by atoms with van der Waals surface area (Å²) in [4.78, 5) is 5.17. The van der Waals surface area contributed by atoms with E-state index in [0.717, 1.165) is 8.58 Å². The van der Waals surface area contributed by atoms with Crippen molar-refractivity contribution in [2.45, 2.75) is 13.3 Å². The standard InChI is InChI=1S/C9H21N2P/c1-3-4-10-5-7-11(8-6-10)9-12-2/h12H,3-9H2,1-2H3. The summed E-state index contributed by atoms with van der Waals surface area (Å²) in [6, 6.07) is 0. The average molecular weight is 188 g/mol. The first kappa shape index (κ1) is 10.4. The van der Waals surface area contributed by atoms with Gasteiger partial charge >= 0.3 is 0 Å². The van der Waals surface area contributed by atoms with Gasteiger partial charge in [0.1, 0.15) is 0 Å². The van der Waals surface area contributed by atoms with E-state index in [9.17, 15) is 0 Å².